The van der Waals surface area contributed by atoms with Crippen molar-refractivity contribution >= 4 is 99.2 Å². The minimum atomic E-state index is -2.91. The van der Waals surface area contributed by atoms with Gasteiger partial charge in [0.1, 0.15) is 5.84 Å². The van der Waals surface area contributed by atoms with Crippen LogP contribution in [-0.4, -0.2) is 10.2 Å². The number of hydrogen-bond acceptors (Lipinski definition) is 1. The van der Waals surface area contributed by atoms with Crippen LogP contribution in [0.5, 0.6) is 0 Å². The van der Waals surface area contributed by atoms with E-state index < -0.39 is 10.8 Å². The Labute approximate surface area is 217 Å². The van der Waals surface area contributed by atoms with Crippen molar-refractivity contribution < 1.29 is 0 Å². The number of nitrogens with zero attached hydrogens (tertiary/aromatic N) is 1. The normalized spacial score (nSPS) is 12.4. The lowest BCUT2D eigenvalue weighted by molar-refractivity contribution is 1.17. The van der Waals surface area contributed by atoms with Crippen molar-refractivity contribution in [3.8, 4) is 0 Å². The second kappa shape index (κ2) is 10.8. The third kappa shape index (κ3) is 7.71. The van der Waals surface area contributed by atoms with Crippen molar-refractivity contribution in [2.45, 2.75) is 11.3 Å². The third-order valence-corrected chi connectivity index (χ3v) is 7.52. The summed E-state index contributed by atoms with van der Waals surface area (Å²) in [6, 6.07) is 21.4. The van der Waals surface area contributed by atoms with Crippen LogP contribution in [-0.2, 0) is 11.8 Å². The Morgan fingerprint density at radius 1 is 0.719 bits per heavy atom. The molecular formula is C21H18Cl5N4PS. The molecule has 0 aliphatic carbocycles. The summed E-state index contributed by atoms with van der Waals surface area (Å²) < 4.78 is 3.42. The van der Waals surface area contributed by atoms with Crippen LogP contribution in [0.3, 0.4) is 0 Å². The Balaban J connectivity index is 2.01. The van der Waals surface area contributed by atoms with Crippen LogP contribution in [0, 0.1) is 0 Å². The summed E-state index contributed by atoms with van der Waals surface area (Å²) in [6.45, 7) is -1.30. The average Bonchev–Trinajstić information content (AvgIpc) is 2.72. The minimum absolute atomic E-state index is 0.273. The first kappa shape index (κ1) is 25.5. The van der Waals surface area contributed by atoms with Gasteiger partial charge in [-0.15, -0.1) is 0 Å². The molecule has 3 aromatic rings. The van der Waals surface area contributed by atoms with E-state index in [1.807, 2.05) is 24.3 Å². The highest BCUT2D eigenvalue weighted by Crippen LogP contribution is 2.49. The molecule has 0 aliphatic rings. The first-order valence-corrected chi connectivity index (χ1v) is 13.9. The maximum Gasteiger partial charge on any atom is 0.234 e. The molecule has 168 valence electrons. The lowest BCUT2D eigenvalue weighted by Gasteiger charge is -2.26. The Hall–Kier alpha value is -1.17. The predicted molar refractivity (Wildman–Crippen MR) is 147 cm³/mol. The van der Waals surface area contributed by atoms with E-state index in [0.29, 0.717) is 20.8 Å². The zero-order chi connectivity index (χ0) is 23.4. The molecule has 0 heterocycles. The summed E-state index contributed by atoms with van der Waals surface area (Å²) in [7, 11) is 0. The molecule has 3 aromatic carbocycles. The third-order valence-electron chi connectivity index (χ3n) is 4.01. The predicted octanol–water partition coefficient (Wildman–Crippen LogP) is 9.10. The van der Waals surface area contributed by atoms with E-state index in [1.54, 1.807) is 55.5 Å². The fraction of sp³-hybridized carbons (Fsp3) is 0.0952. The number of alkyl halides is 2. The maximum absolute atomic E-state index is 6.46. The van der Waals surface area contributed by atoms with E-state index in [0.717, 1.165) is 11.4 Å². The molecular weight excluding hydrogens is 549 g/mol. The molecule has 0 aromatic heterocycles. The van der Waals surface area contributed by atoms with Gasteiger partial charge in [0.15, 0.2) is 4.33 Å². The molecule has 0 aliphatic heterocycles. The van der Waals surface area contributed by atoms with E-state index in [-0.39, 0.29) is 5.84 Å². The first-order valence-electron chi connectivity index (χ1n) is 9.21. The van der Waals surface area contributed by atoms with Crippen LogP contribution < -0.4 is 15.5 Å². The van der Waals surface area contributed by atoms with Crippen molar-refractivity contribution in [1.82, 2.24) is 0 Å². The summed E-state index contributed by atoms with van der Waals surface area (Å²) in [5.74, 6) is 0.273. The highest BCUT2D eigenvalue weighted by atomic mass is 35.5. The number of anilines is 3. The van der Waals surface area contributed by atoms with Gasteiger partial charge in [-0.05, 0) is 91.5 Å². The Morgan fingerprint density at radius 3 is 1.41 bits per heavy atom. The maximum atomic E-state index is 6.46. The Morgan fingerprint density at radius 2 is 1.06 bits per heavy atom. The van der Waals surface area contributed by atoms with Crippen molar-refractivity contribution in [3.63, 3.8) is 0 Å². The smallest absolute Gasteiger partial charge is 0.234 e. The van der Waals surface area contributed by atoms with Gasteiger partial charge in [-0.25, -0.2) is 0 Å². The lowest BCUT2D eigenvalue weighted by atomic mass is 10.3. The molecule has 11 heteroatoms. The first-order chi connectivity index (χ1) is 15.0. The van der Waals surface area contributed by atoms with Crippen LogP contribution in [0.4, 0.5) is 17.1 Å². The van der Waals surface area contributed by atoms with Crippen LogP contribution in [0.2, 0.25) is 15.1 Å². The molecule has 0 saturated carbocycles. The van der Waals surface area contributed by atoms with E-state index in [2.05, 4.69) is 15.5 Å². The van der Waals surface area contributed by atoms with Crippen molar-refractivity contribution in [1.29, 1.82) is 0 Å². The Kier molecular flexibility index (Phi) is 8.62. The molecule has 0 spiro atoms. The van der Waals surface area contributed by atoms with E-state index in [1.165, 1.54) is 0 Å². The van der Waals surface area contributed by atoms with Gasteiger partial charge in [-0.1, -0.05) is 58.0 Å². The molecule has 0 fully saturated rings. The number of amidine groups is 1. The molecule has 0 unspecified atom stereocenters. The molecule has 32 heavy (non-hydrogen) atoms. The summed E-state index contributed by atoms with van der Waals surface area (Å²) in [5.41, 5.74) is 2.18. The number of benzene rings is 3. The summed E-state index contributed by atoms with van der Waals surface area (Å²) in [4.78, 5) is 0. The van der Waals surface area contributed by atoms with Crippen molar-refractivity contribution in [3.05, 3.63) is 87.9 Å². The standard InChI is InChI=1S/C21H18Cl5N4PS/c1-21(25,26)20(27-17-8-2-14(22)3-9-17)30-31(32,28-18-10-4-15(23)5-11-18)29-19-12-6-16(24)7-13-19/h2-13H,1H3,(H3,27,28,29,30,32). The van der Waals surface area contributed by atoms with Crippen LogP contribution >= 0.6 is 64.5 Å². The van der Waals surface area contributed by atoms with Gasteiger partial charge in [-0.3, -0.25) is 0 Å². The molecule has 0 amide bonds. The van der Waals surface area contributed by atoms with E-state index in [9.17, 15) is 0 Å². The highest BCUT2D eigenvalue weighted by Gasteiger charge is 2.29. The van der Waals surface area contributed by atoms with E-state index in [4.69, 9.17) is 74.6 Å². The van der Waals surface area contributed by atoms with Gasteiger partial charge in [0, 0.05) is 32.1 Å². The average molecular weight is 567 g/mol. The molecule has 4 nitrogen and oxygen atoms in total. The second-order valence-electron chi connectivity index (χ2n) is 6.78. The van der Waals surface area contributed by atoms with Gasteiger partial charge in [-0.2, -0.15) is 4.76 Å². The molecule has 0 bridgehead atoms. The zero-order valence-corrected chi connectivity index (χ0v) is 22.1. The minimum Gasteiger partial charge on any atom is -0.341 e. The van der Waals surface area contributed by atoms with E-state index >= 15 is 0 Å². The monoisotopic (exact) mass is 564 g/mol. The largest absolute Gasteiger partial charge is 0.341 e. The number of halogens is 5. The number of rotatable bonds is 7. The fourth-order valence-corrected chi connectivity index (χ4v) is 5.75. The van der Waals surface area contributed by atoms with Crippen molar-refractivity contribution in [2.75, 3.05) is 15.5 Å². The molecule has 3 rings (SSSR count). The van der Waals surface area contributed by atoms with Gasteiger partial charge in [0.25, 0.3) is 0 Å². The number of hydrogen-bond donors (Lipinski definition) is 3. The van der Waals surface area contributed by atoms with Crippen molar-refractivity contribution in [2.24, 2.45) is 4.76 Å². The summed E-state index contributed by atoms with van der Waals surface area (Å²) >= 11 is 36.9. The second-order valence-corrected chi connectivity index (χ2v) is 13.2. The van der Waals surface area contributed by atoms with Crippen LogP contribution in [0.1, 0.15) is 6.92 Å². The SMILES string of the molecule is CC(Cl)(Cl)C(=NP(=S)(Nc1ccc(Cl)cc1)Nc1ccc(Cl)cc1)Nc1ccc(Cl)cc1. The highest BCUT2D eigenvalue weighted by molar-refractivity contribution is 8.15. The van der Waals surface area contributed by atoms with Crippen LogP contribution in [0.15, 0.2) is 77.6 Å². The topological polar surface area (TPSA) is 48.5 Å². The van der Waals surface area contributed by atoms with Gasteiger partial charge >= 0.3 is 0 Å². The molecule has 0 saturated heterocycles. The lowest BCUT2D eigenvalue weighted by Crippen LogP contribution is -2.30. The Bertz CT molecular complexity index is 1080. The fourth-order valence-electron chi connectivity index (χ4n) is 2.51. The molecule has 0 radical (unpaired) electrons. The molecule has 0 atom stereocenters. The van der Waals surface area contributed by atoms with Gasteiger partial charge < -0.3 is 15.5 Å². The summed E-state index contributed by atoms with van der Waals surface area (Å²) in [6.07, 6.45) is 0. The van der Waals surface area contributed by atoms with Gasteiger partial charge in [0.05, 0.1) is 0 Å². The quantitative estimate of drug-likeness (QED) is 0.116. The van der Waals surface area contributed by atoms with Crippen LogP contribution in [0.25, 0.3) is 0 Å². The van der Waals surface area contributed by atoms with Gasteiger partial charge in [0.2, 0.25) is 6.49 Å². The zero-order valence-electron chi connectivity index (χ0n) is 16.6. The molecule has 3 N–H and O–H groups in total. The number of nitrogens with one attached hydrogen (secondary N) is 3. The summed E-state index contributed by atoms with van der Waals surface area (Å²) in [5, 5.41) is 11.6.